The van der Waals surface area contributed by atoms with Crippen molar-refractivity contribution in [1.29, 1.82) is 0 Å². The molecule has 0 bridgehead atoms. The predicted molar refractivity (Wildman–Crippen MR) is 59.1 cm³/mol. The maximum atomic E-state index is 12.1. The molecule has 1 saturated heterocycles. The third-order valence-corrected chi connectivity index (χ3v) is 3.74. The van der Waals surface area contributed by atoms with E-state index in [0.717, 1.165) is 25.9 Å². The minimum Gasteiger partial charge on any atom is -0.306 e. The van der Waals surface area contributed by atoms with Crippen LogP contribution in [0.2, 0.25) is 0 Å². The van der Waals surface area contributed by atoms with Gasteiger partial charge in [0.2, 0.25) is 5.91 Å². The van der Waals surface area contributed by atoms with Crippen molar-refractivity contribution in [2.45, 2.75) is 19.3 Å². The summed E-state index contributed by atoms with van der Waals surface area (Å²) in [6.45, 7) is 2.22. The van der Waals surface area contributed by atoms with Gasteiger partial charge >= 0.3 is 0 Å². The summed E-state index contributed by atoms with van der Waals surface area (Å²) in [5, 5.41) is 1.75. The Bertz CT molecular complexity index is 261. The quantitative estimate of drug-likeness (QED) is 0.683. The third-order valence-electron chi connectivity index (χ3n) is 3.74. The number of amides is 1. The fourth-order valence-corrected chi connectivity index (χ4v) is 2.66. The average Bonchev–Trinajstić information content (AvgIpc) is 2.84. The van der Waals surface area contributed by atoms with Crippen molar-refractivity contribution in [2.75, 3.05) is 34.2 Å². The van der Waals surface area contributed by atoms with Crippen molar-refractivity contribution < 1.29 is 4.79 Å². The summed E-state index contributed by atoms with van der Waals surface area (Å²) in [7, 11) is 5.88. The van der Waals surface area contributed by atoms with E-state index in [0.29, 0.717) is 5.92 Å². The van der Waals surface area contributed by atoms with E-state index in [9.17, 15) is 4.79 Å². The molecular weight excluding hydrogens is 190 g/mol. The number of carbonyl (C=O) groups is 1. The van der Waals surface area contributed by atoms with Gasteiger partial charge in [-0.2, -0.15) is 0 Å². The molecule has 1 N–H and O–H groups in total. The third kappa shape index (κ3) is 2.01. The molecule has 2 aliphatic rings. The first-order chi connectivity index (χ1) is 7.04. The van der Waals surface area contributed by atoms with Gasteiger partial charge in [-0.25, -0.2) is 5.01 Å². The molecule has 2 rings (SSSR count). The molecule has 0 aromatic rings. The monoisotopic (exact) mass is 211 g/mol. The van der Waals surface area contributed by atoms with Crippen LogP contribution in [0.5, 0.6) is 0 Å². The van der Waals surface area contributed by atoms with E-state index < -0.39 is 0 Å². The van der Waals surface area contributed by atoms with Crippen LogP contribution >= 0.6 is 0 Å². The highest BCUT2D eigenvalue weighted by molar-refractivity contribution is 5.85. The van der Waals surface area contributed by atoms with Crippen molar-refractivity contribution in [3.05, 3.63) is 0 Å². The van der Waals surface area contributed by atoms with Gasteiger partial charge in [-0.05, 0) is 38.8 Å². The summed E-state index contributed by atoms with van der Waals surface area (Å²) in [6, 6.07) is 0. The first-order valence-corrected chi connectivity index (χ1v) is 5.71. The van der Waals surface area contributed by atoms with Gasteiger partial charge in [0.1, 0.15) is 0 Å². The van der Waals surface area contributed by atoms with Gasteiger partial charge in [0.15, 0.2) is 0 Å². The Balaban J connectivity index is 1.98. The Morgan fingerprint density at radius 1 is 1.47 bits per heavy atom. The lowest BCUT2D eigenvalue weighted by atomic mass is 9.87. The number of hydrogen-bond acceptors (Lipinski definition) is 3. The largest absolute Gasteiger partial charge is 0.306 e. The second-order valence-electron chi connectivity index (χ2n) is 5.24. The zero-order chi connectivity index (χ0) is 11.1. The number of carbonyl (C=O) groups excluding carboxylic acids is 1. The molecule has 1 atom stereocenters. The number of hydrazine groups is 1. The first-order valence-electron chi connectivity index (χ1n) is 5.71. The molecule has 15 heavy (non-hydrogen) atoms. The SMILES string of the molecule is CN1CCC(C2(C(=O)NN(C)C)CC2)C1. The highest BCUT2D eigenvalue weighted by Crippen LogP contribution is 2.54. The number of likely N-dealkylation sites (tertiary alicyclic amines) is 1. The summed E-state index contributed by atoms with van der Waals surface area (Å²) in [6.07, 6.45) is 3.33. The Labute approximate surface area is 91.6 Å². The summed E-state index contributed by atoms with van der Waals surface area (Å²) in [5.41, 5.74) is 2.88. The number of hydrogen-bond donors (Lipinski definition) is 1. The summed E-state index contributed by atoms with van der Waals surface area (Å²) in [5.74, 6) is 0.801. The maximum absolute atomic E-state index is 12.1. The van der Waals surface area contributed by atoms with Gasteiger partial charge in [-0.1, -0.05) is 0 Å². The summed E-state index contributed by atoms with van der Waals surface area (Å²) >= 11 is 0. The molecule has 4 heteroatoms. The minimum absolute atomic E-state index is 0.0327. The van der Waals surface area contributed by atoms with Crippen LogP contribution in [0.15, 0.2) is 0 Å². The van der Waals surface area contributed by atoms with Crippen LogP contribution in [0, 0.1) is 11.3 Å². The molecule has 0 aromatic heterocycles. The van der Waals surface area contributed by atoms with Crippen LogP contribution in [0.25, 0.3) is 0 Å². The molecule has 1 aliphatic heterocycles. The van der Waals surface area contributed by atoms with Crippen molar-refractivity contribution in [3.8, 4) is 0 Å². The molecule has 0 radical (unpaired) electrons. The van der Waals surface area contributed by atoms with Gasteiger partial charge < -0.3 is 4.90 Å². The normalized spacial score (nSPS) is 29.5. The molecule has 1 saturated carbocycles. The fraction of sp³-hybridized carbons (Fsp3) is 0.909. The van der Waals surface area contributed by atoms with E-state index in [4.69, 9.17) is 0 Å². The highest BCUT2D eigenvalue weighted by Gasteiger charge is 2.56. The zero-order valence-electron chi connectivity index (χ0n) is 9.92. The Kier molecular flexibility index (Phi) is 2.73. The summed E-state index contributed by atoms with van der Waals surface area (Å²) in [4.78, 5) is 14.4. The van der Waals surface area contributed by atoms with Crippen LogP contribution in [-0.2, 0) is 4.79 Å². The van der Waals surface area contributed by atoms with Crippen molar-refractivity contribution in [3.63, 3.8) is 0 Å². The highest BCUT2D eigenvalue weighted by atomic mass is 16.2. The van der Waals surface area contributed by atoms with Crippen LogP contribution in [0.1, 0.15) is 19.3 Å². The molecule has 1 heterocycles. The zero-order valence-corrected chi connectivity index (χ0v) is 9.92. The lowest BCUT2D eigenvalue weighted by Crippen LogP contribution is -2.44. The second-order valence-corrected chi connectivity index (χ2v) is 5.24. The lowest BCUT2D eigenvalue weighted by molar-refractivity contribution is -0.132. The molecule has 0 spiro atoms. The molecule has 2 fully saturated rings. The van der Waals surface area contributed by atoms with Gasteiger partial charge in [0, 0.05) is 20.6 Å². The standard InChI is InChI=1S/C11H21N3O/c1-13(2)12-10(15)11(5-6-11)9-4-7-14(3)8-9/h9H,4-8H2,1-3H3,(H,12,15). The Morgan fingerprint density at radius 2 is 2.13 bits per heavy atom. The fourth-order valence-electron chi connectivity index (χ4n) is 2.66. The molecule has 86 valence electrons. The van der Waals surface area contributed by atoms with E-state index in [-0.39, 0.29) is 11.3 Å². The molecule has 1 aliphatic carbocycles. The first kappa shape index (κ1) is 10.9. The Morgan fingerprint density at radius 3 is 2.53 bits per heavy atom. The van der Waals surface area contributed by atoms with E-state index in [1.807, 2.05) is 14.1 Å². The van der Waals surface area contributed by atoms with Gasteiger partial charge in [0.05, 0.1) is 5.41 Å². The van der Waals surface area contributed by atoms with Gasteiger partial charge in [-0.15, -0.1) is 0 Å². The van der Waals surface area contributed by atoms with Gasteiger partial charge in [0.25, 0.3) is 0 Å². The number of rotatable bonds is 3. The number of nitrogens with zero attached hydrogens (tertiary/aromatic N) is 2. The van der Waals surface area contributed by atoms with Crippen LogP contribution in [0.3, 0.4) is 0 Å². The summed E-state index contributed by atoms with van der Waals surface area (Å²) < 4.78 is 0. The van der Waals surface area contributed by atoms with E-state index in [1.54, 1.807) is 5.01 Å². The lowest BCUT2D eigenvalue weighted by Gasteiger charge is -2.24. The Hall–Kier alpha value is -0.610. The molecule has 1 unspecified atom stereocenters. The number of nitrogens with one attached hydrogen (secondary N) is 1. The van der Waals surface area contributed by atoms with E-state index in [1.165, 1.54) is 6.42 Å². The smallest absolute Gasteiger partial charge is 0.240 e. The molecule has 0 aromatic carbocycles. The van der Waals surface area contributed by atoms with Crippen molar-refractivity contribution >= 4 is 5.91 Å². The van der Waals surface area contributed by atoms with Crippen molar-refractivity contribution in [2.24, 2.45) is 11.3 Å². The molecule has 1 amide bonds. The maximum Gasteiger partial charge on any atom is 0.240 e. The minimum atomic E-state index is -0.0327. The van der Waals surface area contributed by atoms with Crippen LogP contribution in [-0.4, -0.2) is 50.0 Å². The van der Waals surface area contributed by atoms with Crippen LogP contribution in [0.4, 0.5) is 0 Å². The molecular formula is C11H21N3O. The molecule has 4 nitrogen and oxygen atoms in total. The van der Waals surface area contributed by atoms with E-state index >= 15 is 0 Å². The second kappa shape index (κ2) is 3.76. The average molecular weight is 211 g/mol. The topological polar surface area (TPSA) is 35.6 Å². The van der Waals surface area contributed by atoms with Gasteiger partial charge in [-0.3, -0.25) is 10.2 Å². The van der Waals surface area contributed by atoms with E-state index in [2.05, 4.69) is 17.4 Å². The van der Waals surface area contributed by atoms with Crippen molar-refractivity contribution in [1.82, 2.24) is 15.3 Å². The van der Waals surface area contributed by atoms with Crippen LogP contribution < -0.4 is 5.43 Å². The predicted octanol–water partition coefficient (Wildman–Crippen LogP) is 0.311.